The van der Waals surface area contributed by atoms with Crippen LogP contribution < -0.4 is 0 Å². The molecule has 0 N–H and O–H groups in total. The fourth-order valence-corrected chi connectivity index (χ4v) is 1.70. The fraction of sp³-hybridized carbons (Fsp3) is 0.0714. The second-order valence-corrected chi connectivity index (χ2v) is 4.10. The Morgan fingerprint density at radius 2 is 2.00 bits per heavy atom. The molecular formula is C14H12N4O. The first-order valence-electron chi connectivity index (χ1n) is 5.87. The van der Waals surface area contributed by atoms with Crippen LogP contribution in [0.3, 0.4) is 0 Å². The van der Waals surface area contributed by atoms with E-state index in [1.165, 1.54) is 0 Å². The van der Waals surface area contributed by atoms with Gasteiger partial charge < -0.3 is 4.52 Å². The van der Waals surface area contributed by atoms with Crippen LogP contribution in [0.15, 0.2) is 47.2 Å². The molecule has 5 nitrogen and oxygen atoms in total. The Hall–Kier alpha value is -2.69. The van der Waals surface area contributed by atoms with Gasteiger partial charge in [-0.15, -0.1) is 0 Å². The Morgan fingerprint density at radius 3 is 2.74 bits per heavy atom. The van der Waals surface area contributed by atoms with Crippen molar-refractivity contribution in [1.82, 2.24) is 19.9 Å². The quantitative estimate of drug-likeness (QED) is 0.719. The molecule has 1 aromatic carbocycles. The number of hydrogen-bond acceptors (Lipinski definition) is 4. The first-order valence-corrected chi connectivity index (χ1v) is 5.87. The van der Waals surface area contributed by atoms with Crippen LogP contribution in [0.1, 0.15) is 11.5 Å². The summed E-state index contributed by atoms with van der Waals surface area (Å²) in [6, 6.07) is 9.72. The van der Waals surface area contributed by atoms with E-state index in [1.54, 1.807) is 17.0 Å². The van der Waals surface area contributed by atoms with Crippen LogP contribution in [0.5, 0.6) is 0 Å². The monoisotopic (exact) mass is 252 g/mol. The van der Waals surface area contributed by atoms with Crippen molar-refractivity contribution in [3.8, 4) is 11.4 Å². The molecule has 0 unspecified atom stereocenters. The Kier molecular flexibility index (Phi) is 2.94. The Bertz CT molecular complexity index is 697. The van der Waals surface area contributed by atoms with Gasteiger partial charge in [-0.25, -0.2) is 0 Å². The molecule has 19 heavy (non-hydrogen) atoms. The second-order valence-electron chi connectivity index (χ2n) is 4.10. The number of hydrogen-bond donors (Lipinski definition) is 0. The number of aryl methyl sites for hydroxylation is 1. The average molecular weight is 252 g/mol. The molecule has 0 amide bonds. The maximum Gasteiger partial charge on any atom is 0.250 e. The lowest BCUT2D eigenvalue weighted by molar-refractivity contribution is 0.411. The molecule has 5 heteroatoms. The third-order valence-corrected chi connectivity index (χ3v) is 2.62. The maximum atomic E-state index is 5.17. The van der Waals surface area contributed by atoms with Gasteiger partial charge in [0.2, 0.25) is 5.82 Å². The van der Waals surface area contributed by atoms with Gasteiger partial charge in [0.1, 0.15) is 0 Å². The van der Waals surface area contributed by atoms with Crippen molar-refractivity contribution in [3.05, 3.63) is 54.2 Å². The SMILES string of the molecule is Cn1cc(/C=C/c2nc(-c3ccccc3)no2)cn1. The van der Waals surface area contributed by atoms with E-state index in [1.807, 2.05) is 49.7 Å². The Labute approximate surface area is 110 Å². The van der Waals surface area contributed by atoms with E-state index >= 15 is 0 Å². The number of benzene rings is 1. The van der Waals surface area contributed by atoms with E-state index in [2.05, 4.69) is 15.2 Å². The summed E-state index contributed by atoms with van der Waals surface area (Å²) in [5.74, 6) is 1.06. The van der Waals surface area contributed by atoms with E-state index in [9.17, 15) is 0 Å². The predicted molar refractivity (Wildman–Crippen MR) is 71.9 cm³/mol. The molecule has 2 aromatic heterocycles. The summed E-state index contributed by atoms with van der Waals surface area (Å²) in [6.45, 7) is 0. The molecule has 0 atom stereocenters. The fourth-order valence-electron chi connectivity index (χ4n) is 1.70. The molecule has 0 fully saturated rings. The molecule has 0 radical (unpaired) electrons. The Morgan fingerprint density at radius 1 is 1.16 bits per heavy atom. The maximum absolute atomic E-state index is 5.17. The van der Waals surface area contributed by atoms with Crippen LogP contribution in [0.2, 0.25) is 0 Å². The van der Waals surface area contributed by atoms with E-state index in [0.717, 1.165) is 11.1 Å². The van der Waals surface area contributed by atoms with Crippen LogP contribution in [0, 0.1) is 0 Å². The van der Waals surface area contributed by atoms with E-state index in [4.69, 9.17) is 4.52 Å². The lowest BCUT2D eigenvalue weighted by Crippen LogP contribution is -1.83. The van der Waals surface area contributed by atoms with E-state index < -0.39 is 0 Å². The minimum atomic E-state index is 0.475. The number of nitrogens with zero attached hydrogens (tertiary/aromatic N) is 4. The summed E-state index contributed by atoms with van der Waals surface area (Å²) >= 11 is 0. The third-order valence-electron chi connectivity index (χ3n) is 2.62. The second kappa shape index (κ2) is 4.89. The minimum Gasteiger partial charge on any atom is -0.334 e. The van der Waals surface area contributed by atoms with Gasteiger partial charge in [-0.1, -0.05) is 35.5 Å². The van der Waals surface area contributed by atoms with Crippen LogP contribution in [0.25, 0.3) is 23.5 Å². The molecule has 2 heterocycles. The summed E-state index contributed by atoms with van der Waals surface area (Å²) in [7, 11) is 1.87. The molecule has 3 aromatic rings. The molecule has 94 valence electrons. The van der Waals surface area contributed by atoms with Crippen LogP contribution in [0.4, 0.5) is 0 Å². The first kappa shape index (κ1) is 11.4. The Balaban J connectivity index is 1.80. The highest BCUT2D eigenvalue weighted by molar-refractivity contribution is 5.66. The van der Waals surface area contributed by atoms with E-state index in [-0.39, 0.29) is 0 Å². The molecule has 0 aliphatic carbocycles. The average Bonchev–Trinajstić information content (AvgIpc) is 3.06. The summed E-state index contributed by atoms with van der Waals surface area (Å²) in [5.41, 5.74) is 1.93. The minimum absolute atomic E-state index is 0.475. The number of rotatable bonds is 3. The lowest BCUT2D eigenvalue weighted by Gasteiger charge is -1.89. The van der Waals surface area contributed by atoms with Gasteiger partial charge >= 0.3 is 0 Å². The van der Waals surface area contributed by atoms with Crippen molar-refractivity contribution in [3.63, 3.8) is 0 Å². The zero-order valence-corrected chi connectivity index (χ0v) is 10.4. The van der Waals surface area contributed by atoms with Crippen molar-refractivity contribution in [2.24, 2.45) is 7.05 Å². The third kappa shape index (κ3) is 2.60. The number of aromatic nitrogens is 4. The molecule has 0 aliphatic rings. The molecule has 3 rings (SSSR count). The lowest BCUT2D eigenvalue weighted by atomic mass is 10.2. The van der Waals surface area contributed by atoms with Gasteiger partial charge in [0.25, 0.3) is 5.89 Å². The topological polar surface area (TPSA) is 56.7 Å². The summed E-state index contributed by atoms with van der Waals surface area (Å²) in [4.78, 5) is 4.31. The van der Waals surface area contributed by atoms with Gasteiger partial charge in [-0.2, -0.15) is 10.1 Å². The highest BCUT2D eigenvalue weighted by atomic mass is 16.5. The molecule has 0 bridgehead atoms. The smallest absolute Gasteiger partial charge is 0.250 e. The predicted octanol–water partition coefficient (Wildman–Crippen LogP) is 2.64. The van der Waals surface area contributed by atoms with Gasteiger partial charge in [-0.3, -0.25) is 4.68 Å². The molecular weight excluding hydrogens is 240 g/mol. The van der Waals surface area contributed by atoms with E-state index in [0.29, 0.717) is 11.7 Å². The normalized spacial score (nSPS) is 11.2. The van der Waals surface area contributed by atoms with Crippen molar-refractivity contribution >= 4 is 12.2 Å². The van der Waals surface area contributed by atoms with Gasteiger partial charge in [0, 0.05) is 30.4 Å². The highest BCUT2D eigenvalue weighted by Gasteiger charge is 2.05. The van der Waals surface area contributed by atoms with Gasteiger partial charge in [-0.05, 0) is 6.08 Å². The molecule has 0 aliphatic heterocycles. The highest BCUT2D eigenvalue weighted by Crippen LogP contribution is 2.15. The van der Waals surface area contributed by atoms with Gasteiger partial charge in [0.15, 0.2) is 0 Å². The summed E-state index contributed by atoms with van der Waals surface area (Å²) in [5, 5.41) is 8.03. The van der Waals surface area contributed by atoms with Crippen LogP contribution in [-0.4, -0.2) is 19.9 Å². The standard InChI is InChI=1S/C14H12N4O/c1-18-10-11(9-15-18)7-8-13-16-14(17-19-13)12-5-3-2-4-6-12/h2-10H,1H3/b8-7+. The van der Waals surface area contributed by atoms with Crippen molar-refractivity contribution in [1.29, 1.82) is 0 Å². The zero-order valence-electron chi connectivity index (χ0n) is 10.4. The summed E-state index contributed by atoms with van der Waals surface area (Å²) in [6.07, 6.45) is 7.34. The summed E-state index contributed by atoms with van der Waals surface area (Å²) < 4.78 is 6.91. The molecule has 0 saturated carbocycles. The van der Waals surface area contributed by atoms with Crippen LogP contribution in [-0.2, 0) is 7.05 Å². The van der Waals surface area contributed by atoms with Crippen molar-refractivity contribution in [2.45, 2.75) is 0 Å². The van der Waals surface area contributed by atoms with Gasteiger partial charge in [0.05, 0.1) is 6.20 Å². The largest absolute Gasteiger partial charge is 0.334 e. The molecule has 0 saturated heterocycles. The van der Waals surface area contributed by atoms with Crippen LogP contribution >= 0.6 is 0 Å². The zero-order chi connectivity index (χ0) is 13.1. The van der Waals surface area contributed by atoms with Crippen molar-refractivity contribution in [2.75, 3.05) is 0 Å². The first-order chi connectivity index (χ1) is 9.31. The van der Waals surface area contributed by atoms with Crippen molar-refractivity contribution < 1.29 is 4.52 Å². The molecule has 0 spiro atoms.